The van der Waals surface area contributed by atoms with Crippen molar-refractivity contribution in [3.63, 3.8) is 0 Å². The van der Waals surface area contributed by atoms with Gasteiger partial charge in [-0.3, -0.25) is 9.59 Å². The quantitative estimate of drug-likeness (QED) is 0.793. The van der Waals surface area contributed by atoms with Gasteiger partial charge in [-0.2, -0.15) is 4.31 Å². The van der Waals surface area contributed by atoms with E-state index < -0.39 is 10.0 Å². The molecule has 1 aromatic rings. The van der Waals surface area contributed by atoms with Gasteiger partial charge in [0.15, 0.2) is 0 Å². The summed E-state index contributed by atoms with van der Waals surface area (Å²) in [5.74, 6) is 0.271. The van der Waals surface area contributed by atoms with Crippen molar-refractivity contribution in [3.05, 3.63) is 29.8 Å². The van der Waals surface area contributed by atoms with Crippen LogP contribution < -0.4 is 5.32 Å². The van der Waals surface area contributed by atoms with Gasteiger partial charge in [0.05, 0.1) is 4.90 Å². The maximum Gasteiger partial charge on any atom is 0.251 e. The van der Waals surface area contributed by atoms with Crippen LogP contribution in [0.15, 0.2) is 29.2 Å². The van der Waals surface area contributed by atoms with Crippen molar-refractivity contribution in [1.82, 2.24) is 14.5 Å². The summed E-state index contributed by atoms with van der Waals surface area (Å²) in [6.45, 7) is 4.90. The first-order chi connectivity index (χ1) is 12.8. The number of nitrogens with one attached hydrogen (secondary N) is 1. The number of carbonyl (C=O) groups excluding carboxylic acids is 2. The fourth-order valence-corrected chi connectivity index (χ4v) is 5.02. The third-order valence-corrected chi connectivity index (χ3v) is 7.21. The van der Waals surface area contributed by atoms with Crippen LogP contribution in [0, 0.1) is 5.92 Å². The summed E-state index contributed by atoms with van der Waals surface area (Å²) in [6.07, 6.45) is 3.20. The lowest BCUT2D eigenvalue weighted by Crippen LogP contribution is -2.49. The Hall–Kier alpha value is -1.93. The second kappa shape index (κ2) is 7.98. The molecule has 3 rings (SSSR count). The molecule has 1 saturated carbocycles. The van der Waals surface area contributed by atoms with Gasteiger partial charge >= 0.3 is 0 Å². The summed E-state index contributed by atoms with van der Waals surface area (Å²) in [4.78, 5) is 25.6. The lowest BCUT2D eigenvalue weighted by atomic mass is 10.2. The van der Waals surface area contributed by atoms with Crippen LogP contribution in [0.3, 0.4) is 0 Å². The molecule has 2 amide bonds. The van der Waals surface area contributed by atoms with E-state index in [4.69, 9.17) is 0 Å². The second-order valence-corrected chi connectivity index (χ2v) is 9.24. The number of hydrogen-bond acceptors (Lipinski definition) is 4. The van der Waals surface area contributed by atoms with E-state index in [-0.39, 0.29) is 35.8 Å². The predicted octanol–water partition coefficient (Wildman–Crippen LogP) is 1.46. The molecular weight excluding hydrogens is 366 g/mol. The number of amides is 2. The van der Waals surface area contributed by atoms with E-state index in [1.807, 2.05) is 0 Å². The predicted molar refractivity (Wildman–Crippen MR) is 102 cm³/mol. The Kier molecular flexibility index (Phi) is 5.86. The molecule has 2 fully saturated rings. The zero-order valence-corrected chi connectivity index (χ0v) is 16.7. The highest BCUT2D eigenvalue weighted by molar-refractivity contribution is 7.89. The maximum absolute atomic E-state index is 12.9. The molecule has 148 valence electrons. The minimum Gasteiger partial charge on any atom is -0.349 e. The topological polar surface area (TPSA) is 86.8 Å². The summed E-state index contributed by atoms with van der Waals surface area (Å²) in [5.41, 5.74) is 0.362. The van der Waals surface area contributed by atoms with Crippen LogP contribution in [0.2, 0.25) is 0 Å². The van der Waals surface area contributed by atoms with Crippen molar-refractivity contribution >= 4 is 21.8 Å². The fourth-order valence-electron chi connectivity index (χ4n) is 3.56. The van der Waals surface area contributed by atoms with Gasteiger partial charge in [0.25, 0.3) is 5.91 Å². The molecule has 0 radical (unpaired) electrons. The molecule has 0 bridgehead atoms. The van der Waals surface area contributed by atoms with Gasteiger partial charge in [0.2, 0.25) is 15.9 Å². The first-order valence-electron chi connectivity index (χ1n) is 9.49. The molecule has 0 spiro atoms. The highest BCUT2D eigenvalue weighted by Gasteiger charge is 2.37. The standard InChI is InChI=1S/C19H27N3O4S/c1-3-5-15-13-18(15)20-19(24)16-6-4-7-17(12-16)27(25,26)22-10-8-21(9-11-22)14(2)23/h4,6-7,12,15,18H,3,5,8-11,13H2,1-2H3,(H,20,24)/t15-,18-/m0/s1. The molecule has 1 aromatic carbocycles. The number of benzene rings is 1. The minimum absolute atomic E-state index is 0.0489. The van der Waals surface area contributed by atoms with Crippen molar-refractivity contribution in [2.45, 2.75) is 44.0 Å². The van der Waals surface area contributed by atoms with E-state index in [1.165, 1.54) is 23.4 Å². The van der Waals surface area contributed by atoms with Gasteiger partial charge in [-0.25, -0.2) is 8.42 Å². The molecule has 1 aliphatic heterocycles. The molecule has 1 aliphatic carbocycles. The Labute approximate surface area is 160 Å². The number of nitrogens with zero attached hydrogens (tertiary/aromatic N) is 2. The van der Waals surface area contributed by atoms with Crippen LogP contribution in [0.1, 0.15) is 43.5 Å². The Morgan fingerprint density at radius 1 is 1.19 bits per heavy atom. The van der Waals surface area contributed by atoms with Crippen molar-refractivity contribution < 1.29 is 18.0 Å². The Morgan fingerprint density at radius 2 is 1.89 bits per heavy atom. The normalized spacial score (nSPS) is 23.1. The van der Waals surface area contributed by atoms with E-state index in [0.717, 1.165) is 19.3 Å². The van der Waals surface area contributed by atoms with Crippen LogP contribution in [-0.2, 0) is 14.8 Å². The van der Waals surface area contributed by atoms with Crippen LogP contribution >= 0.6 is 0 Å². The molecule has 1 heterocycles. The number of piperazine rings is 1. The molecule has 27 heavy (non-hydrogen) atoms. The average Bonchev–Trinajstić information content (AvgIpc) is 3.39. The van der Waals surface area contributed by atoms with Gasteiger partial charge in [0, 0.05) is 44.7 Å². The van der Waals surface area contributed by atoms with Crippen molar-refractivity contribution in [1.29, 1.82) is 0 Å². The summed E-state index contributed by atoms with van der Waals surface area (Å²) in [5, 5.41) is 2.99. The molecule has 2 atom stereocenters. The van der Waals surface area contributed by atoms with Gasteiger partial charge in [0.1, 0.15) is 0 Å². The van der Waals surface area contributed by atoms with Gasteiger partial charge in [-0.1, -0.05) is 19.4 Å². The highest BCUT2D eigenvalue weighted by Crippen LogP contribution is 2.34. The molecule has 1 N–H and O–H groups in total. The van der Waals surface area contributed by atoms with Crippen LogP contribution in [-0.4, -0.2) is 61.7 Å². The SMILES string of the molecule is CCC[C@H]1C[C@@H]1NC(=O)c1cccc(S(=O)(=O)N2CCN(C(C)=O)CC2)c1. The highest BCUT2D eigenvalue weighted by atomic mass is 32.2. The van der Waals surface area contributed by atoms with E-state index in [1.54, 1.807) is 17.0 Å². The van der Waals surface area contributed by atoms with Gasteiger partial charge in [-0.05, 0) is 37.0 Å². The zero-order valence-electron chi connectivity index (χ0n) is 15.8. The van der Waals surface area contributed by atoms with Crippen LogP contribution in [0.25, 0.3) is 0 Å². The summed E-state index contributed by atoms with van der Waals surface area (Å²) in [7, 11) is -3.68. The first-order valence-corrected chi connectivity index (χ1v) is 10.9. The number of carbonyl (C=O) groups is 2. The molecular formula is C19H27N3O4S. The summed E-state index contributed by atoms with van der Waals surface area (Å²) < 4.78 is 27.2. The van der Waals surface area contributed by atoms with Crippen LogP contribution in [0.5, 0.6) is 0 Å². The average molecular weight is 394 g/mol. The lowest BCUT2D eigenvalue weighted by Gasteiger charge is -2.33. The van der Waals surface area contributed by atoms with Gasteiger partial charge < -0.3 is 10.2 Å². The smallest absolute Gasteiger partial charge is 0.251 e. The number of rotatable bonds is 6. The van der Waals surface area contributed by atoms with Crippen molar-refractivity contribution in [2.24, 2.45) is 5.92 Å². The first kappa shape index (κ1) is 19.8. The van der Waals surface area contributed by atoms with Crippen molar-refractivity contribution in [3.8, 4) is 0 Å². The van der Waals surface area contributed by atoms with Crippen molar-refractivity contribution in [2.75, 3.05) is 26.2 Å². The van der Waals surface area contributed by atoms with Gasteiger partial charge in [-0.15, -0.1) is 0 Å². The van der Waals surface area contributed by atoms with E-state index in [9.17, 15) is 18.0 Å². The maximum atomic E-state index is 12.9. The fraction of sp³-hybridized carbons (Fsp3) is 0.579. The van der Waals surface area contributed by atoms with Crippen LogP contribution in [0.4, 0.5) is 0 Å². The Balaban J connectivity index is 1.67. The largest absolute Gasteiger partial charge is 0.349 e. The zero-order chi connectivity index (χ0) is 19.6. The van der Waals surface area contributed by atoms with E-state index in [2.05, 4.69) is 12.2 Å². The molecule has 0 aromatic heterocycles. The number of hydrogen-bond donors (Lipinski definition) is 1. The van der Waals surface area contributed by atoms with E-state index >= 15 is 0 Å². The molecule has 2 aliphatic rings. The Morgan fingerprint density at radius 3 is 2.52 bits per heavy atom. The Bertz CT molecular complexity index is 816. The molecule has 8 heteroatoms. The third kappa shape index (κ3) is 4.50. The molecule has 0 unspecified atom stereocenters. The molecule has 1 saturated heterocycles. The third-order valence-electron chi connectivity index (χ3n) is 5.32. The number of sulfonamides is 1. The molecule has 7 nitrogen and oxygen atoms in total. The second-order valence-electron chi connectivity index (χ2n) is 7.30. The summed E-state index contributed by atoms with van der Waals surface area (Å²) in [6, 6.07) is 6.40. The summed E-state index contributed by atoms with van der Waals surface area (Å²) >= 11 is 0. The lowest BCUT2D eigenvalue weighted by molar-refractivity contribution is -0.129. The minimum atomic E-state index is -3.68. The van der Waals surface area contributed by atoms with E-state index in [0.29, 0.717) is 24.6 Å². The monoisotopic (exact) mass is 393 g/mol.